The lowest BCUT2D eigenvalue weighted by Crippen LogP contribution is -2.30. The molecule has 2 aromatic rings. The SMILES string of the molecule is COC(=O)c1cc(-c2ccc(F)cc2)sc1NC(=O)NC1CC1. The van der Waals surface area contributed by atoms with Crippen molar-refractivity contribution in [1.82, 2.24) is 5.32 Å². The van der Waals surface area contributed by atoms with E-state index in [1.165, 1.54) is 30.6 Å². The van der Waals surface area contributed by atoms with E-state index < -0.39 is 5.97 Å². The second kappa shape index (κ2) is 6.37. The molecule has 1 aromatic heterocycles. The number of esters is 1. The van der Waals surface area contributed by atoms with Crippen molar-refractivity contribution in [2.75, 3.05) is 12.4 Å². The molecule has 0 atom stereocenters. The van der Waals surface area contributed by atoms with Crippen molar-refractivity contribution < 1.29 is 18.7 Å². The number of amides is 2. The molecular weight excluding hydrogens is 319 g/mol. The maximum Gasteiger partial charge on any atom is 0.340 e. The topological polar surface area (TPSA) is 67.4 Å². The van der Waals surface area contributed by atoms with Crippen LogP contribution in [-0.4, -0.2) is 25.2 Å². The Morgan fingerprint density at radius 2 is 1.96 bits per heavy atom. The van der Waals surface area contributed by atoms with Crippen LogP contribution >= 0.6 is 11.3 Å². The molecule has 23 heavy (non-hydrogen) atoms. The van der Waals surface area contributed by atoms with Crippen molar-refractivity contribution in [3.8, 4) is 10.4 Å². The van der Waals surface area contributed by atoms with Gasteiger partial charge in [0.1, 0.15) is 10.8 Å². The number of benzene rings is 1. The van der Waals surface area contributed by atoms with Gasteiger partial charge in [-0.2, -0.15) is 0 Å². The van der Waals surface area contributed by atoms with E-state index in [-0.39, 0.29) is 23.5 Å². The number of methoxy groups -OCH3 is 1. The van der Waals surface area contributed by atoms with Crippen LogP contribution in [0.25, 0.3) is 10.4 Å². The molecule has 3 rings (SSSR count). The molecular formula is C16H15FN2O3S. The number of thiophene rings is 1. The molecule has 0 spiro atoms. The highest BCUT2D eigenvalue weighted by molar-refractivity contribution is 7.20. The molecule has 1 saturated carbocycles. The molecule has 0 aliphatic heterocycles. The molecule has 0 saturated heterocycles. The Balaban J connectivity index is 1.87. The first-order valence-electron chi connectivity index (χ1n) is 7.12. The molecule has 5 nitrogen and oxygen atoms in total. The second-order valence-corrected chi connectivity index (χ2v) is 6.28. The number of ether oxygens (including phenoxy) is 1. The third-order valence-corrected chi connectivity index (χ3v) is 4.51. The van der Waals surface area contributed by atoms with Gasteiger partial charge >= 0.3 is 12.0 Å². The Labute approximate surface area is 136 Å². The number of nitrogens with one attached hydrogen (secondary N) is 2. The third-order valence-electron chi connectivity index (χ3n) is 3.41. The summed E-state index contributed by atoms with van der Waals surface area (Å²) in [5.74, 6) is -0.864. The van der Waals surface area contributed by atoms with E-state index >= 15 is 0 Å². The zero-order valence-corrected chi connectivity index (χ0v) is 13.2. The lowest BCUT2D eigenvalue weighted by Gasteiger charge is -2.06. The van der Waals surface area contributed by atoms with Crippen LogP contribution in [0.2, 0.25) is 0 Å². The molecule has 0 radical (unpaired) electrons. The zero-order chi connectivity index (χ0) is 16.4. The first kappa shape index (κ1) is 15.5. The Hall–Kier alpha value is -2.41. The summed E-state index contributed by atoms with van der Waals surface area (Å²) in [7, 11) is 1.28. The molecule has 1 aliphatic rings. The van der Waals surface area contributed by atoms with E-state index in [0.717, 1.165) is 23.3 Å². The van der Waals surface area contributed by atoms with Crippen molar-refractivity contribution in [3.05, 3.63) is 41.7 Å². The molecule has 120 valence electrons. The molecule has 0 unspecified atom stereocenters. The van der Waals surface area contributed by atoms with Crippen molar-refractivity contribution in [2.24, 2.45) is 0 Å². The number of urea groups is 1. The van der Waals surface area contributed by atoms with Gasteiger partial charge in [-0.25, -0.2) is 14.0 Å². The molecule has 2 amide bonds. The van der Waals surface area contributed by atoms with Crippen LogP contribution in [0.4, 0.5) is 14.2 Å². The first-order valence-corrected chi connectivity index (χ1v) is 7.94. The summed E-state index contributed by atoms with van der Waals surface area (Å²) in [5, 5.41) is 5.90. The molecule has 1 aromatic carbocycles. The van der Waals surface area contributed by atoms with Gasteiger partial charge in [0, 0.05) is 10.9 Å². The summed E-state index contributed by atoms with van der Waals surface area (Å²) < 4.78 is 17.8. The maximum absolute atomic E-state index is 13.0. The van der Waals surface area contributed by atoms with Gasteiger partial charge < -0.3 is 10.1 Å². The maximum atomic E-state index is 13.0. The zero-order valence-electron chi connectivity index (χ0n) is 12.4. The van der Waals surface area contributed by atoms with Crippen molar-refractivity contribution in [1.29, 1.82) is 0 Å². The Bertz CT molecular complexity index is 738. The van der Waals surface area contributed by atoms with E-state index in [9.17, 15) is 14.0 Å². The Morgan fingerprint density at radius 3 is 2.57 bits per heavy atom. The fraction of sp³-hybridized carbons (Fsp3) is 0.250. The van der Waals surface area contributed by atoms with Gasteiger partial charge in [0.15, 0.2) is 0 Å². The van der Waals surface area contributed by atoms with Gasteiger partial charge in [-0.05, 0) is 36.6 Å². The van der Waals surface area contributed by atoms with Gasteiger partial charge in [0.25, 0.3) is 0 Å². The lowest BCUT2D eigenvalue weighted by atomic mass is 10.1. The standard InChI is InChI=1S/C16H15FN2O3S/c1-22-15(20)12-8-13(9-2-4-10(17)5-3-9)23-14(12)19-16(21)18-11-6-7-11/h2-5,8,11H,6-7H2,1H3,(H2,18,19,21). The number of halogens is 1. The first-order chi connectivity index (χ1) is 11.1. The van der Waals surface area contributed by atoms with Crippen LogP contribution in [0.3, 0.4) is 0 Å². The Morgan fingerprint density at radius 1 is 1.26 bits per heavy atom. The van der Waals surface area contributed by atoms with E-state index in [4.69, 9.17) is 4.74 Å². The van der Waals surface area contributed by atoms with Crippen LogP contribution < -0.4 is 10.6 Å². The van der Waals surface area contributed by atoms with Crippen LogP contribution in [0, 0.1) is 5.82 Å². The monoisotopic (exact) mass is 334 g/mol. The number of carbonyl (C=O) groups is 2. The number of hydrogen-bond acceptors (Lipinski definition) is 4. The number of anilines is 1. The fourth-order valence-corrected chi connectivity index (χ4v) is 3.10. The van der Waals surface area contributed by atoms with Gasteiger partial charge in [-0.15, -0.1) is 11.3 Å². The van der Waals surface area contributed by atoms with Gasteiger partial charge in [0.05, 0.1) is 12.7 Å². The molecule has 7 heteroatoms. The van der Waals surface area contributed by atoms with E-state index in [1.807, 2.05) is 0 Å². The summed E-state index contributed by atoms with van der Waals surface area (Å²) in [4.78, 5) is 24.5. The van der Waals surface area contributed by atoms with Crippen molar-refractivity contribution >= 4 is 28.3 Å². The summed E-state index contributed by atoms with van der Waals surface area (Å²) in [6.07, 6.45) is 1.95. The molecule has 0 bridgehead atoms. The smallest absolute Gasteiger partial charge is 0.340 e. The van der Waals surface area contributed by atoms with Crippen LogP contribution in [0.5, 0.6) is 0 Å². The molecule has 1 heterocycles. The van der Waals surface area contributed by atoms with E-state index in [0.29, 0.717) is 5.00 Å². The number of hydrogen-bond donors (Lipinski definition) is 2. The summed E-state index contributed by atoms with van der Waals surface area (Å²) in [6, 6.07) is 7.45. The predicted octanol–water partition coefficient (Wildman–Crippen LogP) is 3.62. The van der Waals surface area contributed by atoms with E-state index in [2.05, 4.69) is 10.6 Å². The van der Waals surface area contributed by atoms with Crippen molar-refractivity contribution in [2.45, 2.75) is 18.9 Å². The molecule has 2 N–H and O–H groups in total. The average Bonchev–Trinajstić information content (AvgIpc) is 3.25. The van der Waals surface area contributed by atoms with Crippen molar-refractivity contribution in [3.63, 3.8) is 0 Å². The van der Waals surface area contributed by atoms with Crippen LogP contribution in [0.15, 0.2) is 30.3 Å². The minimum Gasteiger partial charge on any atom is -0.465 e. The van der Waals surface area contributed by atoms with Gasteiger partial charge in [0.2, 0.25) is 0 Å². The minimum atomic E-state index is -0.531. The number of carbonyl (C=O) groups excluding carboxylic acids is 2. The van der Waals surface area contributed by atoms with E-state index in [1.54, 1.807) is 18.2 Å². The van der Waals surface area contributed by atoms with Crippen LogP contribution in [-0.2, 0) is 4.74 Å². The summed E-state index contributed by atoms with van der Waals surface area (Å²) in [5.41, 5.74) is 1.04. The predicted molar refractivity (Wildman–Crippen MR) is 86.2 cm³/mol. The summed E-state index contributed by atoms with van der Waals surface area (Å²) >= 11 is 1.24. The lowest BCUT2D eigenvalue weighted by molar-refractivity contribution is 0.0602. The second-order valence-electron chi connectivity index (χ2n) is 5.22. The minimum absolute atomic E-state index is 0.216. The number of rotatable bonds is 4. The third kappa shape index (κ3) is 3.68. The average molecular weight is 334 g/mol. The van der Waals surface area contributed by atoms with Crippen LogP contribution in [0.1, 0.15) is 23.2 Å². The quantitative estimate of drug-likeness (QED) is 0.839. The Kier molecular flexibility index (Phi) is 4.29. The largest absolute Gasteiger partial charge is 0.465 e. The highest BCUT2D eigenvalue weighted by atomic mass is 32.1. The molecule has 1 fully saturated rings. The highest BCUT2D eigenvalue weighted by Gasteiger charge is 2.25. The van der Waals surface area contributed by atoms with Gasteiger partial charge in [-0.1, -0.05) is 12.1 Å². The summed E-state index contributed by atoms with van der Waals surface area (Å²) in [6.45, 7) is 0. The fourth-order valence-electron chi connectivity index (χ4n) is 2.05. The molecule has 1 aliphatic carbocycles. The highest BCUT2D eigenvalue weighted by Crippen LogP contribution is 2.36. The normalized spacial score (nSPS) is 13.5. The van der Waals surface area contributed by atoms with Gasteiger partial charge in [-0.3, -0.25) is 5.32 Å².